The quantitative estimate of drug-likeness (QED) is 0.417. The van der Waals surface area contributed by atoms with Crippen molar-refractivity contribution in [1.82, 2.24) is 14.9 Å². The van der Waals surface area contributed by atoms with Gasteiger partial charge in [0, 0.05) is 29.4 Å². The minimum absolute atomic E-state index is 0.00112. The maximum atomic E-state index is 14.6. The number of aromatic nitrogens is 2. The number of nitrogens with two attached hydrogens (primary N) is 2. The number of anilines is 1. The van der Waals surface area contributed by atoms with E-state index < -0.39 is 5.91 Å². The Labute approximate surface area is 203 Å². The van der Waals surface area contributed by atoms with Gasteiger partial charge in [0.05, 0.1) is 11.7 Å². The van der Waals surface area contributed by atoms with Crippen molar-refractivity contribution in [1.29, 1.82) is 0 Å². The number of amides is 1. The van der Waals surface area contributed by atoms with Crippen molar-refractivity contribution in [3.63, 3.8) is 0 Å². The Bertz CT molecular complexity index is 1390. The van der Waals surface area contributed by atoms with Crippen molar-refractivity contribution in [3.8, 4) is 22.3 Å². The number of nitrogens with zero attached hydrogens (tertiary/aromatic N) is 3. The third-order valence-electron chi connectivity index (χ3n) is 6.53. The summed E-state index contributed by atoms with van der Waals surface area (Å²) in [6, 6.07) is 21.9. The molecular weight excluding hydrogens is 441 g/mol. The first kappa shape index (κ1) is 22.7. The molecule has 0 saturated carbocycles. The van der Waals surface area contributed by atoms with Crippen LogP contribution < -0.4 is 11.5 Å². The Morgan fingerprint density at radius 1 is 1.00 bits per heavy atom. The second kappa shape index (κ2) is 9.64. The van der Waals surface area contributed by atoms with E-state index in [1.165, 1.54) is 6.07 Å². The fourth-order valence-electron chi connectivity index (χ4n) is 4.87. The third kappa shape index (κ3) is 4.63. The summed E-state index contributed by atoms with van der Waals surface area (Å²) in [5, 5.41) is 0. The molecule has 6 nitrogen and oxygen atoms in total. The lowest BCUT2D eigenvalue weighted by atomic mass is 9.96. The van der Waals surface area contributed by atoms with Gasteiger partial charge in [-0.3, -0.25) is 9.69 Å². The second-order valence-corrected chi connectivity index (χ2v) is 8.74. The topological polar surface area (TPSA) is 98.1 Å². The Hall–Kier alpha value is -4.10. The maximum absolute atomic E-state index is 14.6. The standard InChI is InChI=1S/C28H26FN5O/c29-24-12-4-3-11-22(24)21-10-2-1-7-20(21)17-34-14-6-13-25(34)26-23(16-32-28(31)33-26)18-8-5-9-19(15-18)27(30)35/h1-5,7-12,15-16,25H,6,13-14,17H2,(H2,30,35)(H2,31,32,33). The normalized spacial score (nSPS) is 15.9. The van der Waals surface area contributed by atoms with Crippen molar-refractivity contribution >= 4 is 11.9 Å². The van der Waals surface area contributed by atoms with E-state index in [9.17, 15) is 9.18 Å². The summed E-state index contributed by atoms with van der Waals surface area (Å²) >= 11 is 0. The average molecular weight is 468 g/mol. The molecule has 0 spiro atoms. The molecule has 1 amide bonds. The largest absolute Gasteiger partial charge is 0.368 e. The van der Waals surface area contributed by atoms with E-state index in [4.69, 9.17) is 11.5 Å². The van der Waals surface area contributed by atoms with Crippen LogP contribution in [0.25, 0.3) is 22.3 Å². The summed E-state index contributed by atoms with van der Waals surface area (Å²) < 4.78 is 14.6. The van der Waals surface area contributed by atoms with E-state index in [0.717, 1.165) is 47.3 Å². The number of hydrogen-bond acceptors (Lipinski definition) is 5. The number of likely N-dealkylation sites (tertiary alicyclic amines) is 1. The summed E-state index contributed by atoms with van der Waals surface area (Å²) in [6.07, 6.45) is 3.61. The highest BCUT2D eigenvalue weighted by Crippen LogP contribution is 2.39. The highest BCUT2D eigenvalue weighted by atomic mass is 19.1. The third-order valence-corrected chi connectivity index (χ3v) is 6.53. The van der Waals surface area contributed by atoms with Crippen LogP contribution in [0.1, 0.15) is 40.5 Å². The first-order chi connectivity index (χ1) is 17.0. The molecule has 35 heavy (non-hydrogen) atoms. The molecule has 7 heteroatoms. The van der Waals surface area contributed by atoms with Gasteiger partial charge in [-0.2, -0.15) is 0 Å². The molecular formula is C28H26FN5O. The van der Waals surface area contributed by atoms with Crippen LogP contribution in [0.4, 0.5) is 10.3 Å². The van der Waals surface area contributed by atoms with Gasteiger partial charge in [0.2, 0.25) is 11.9 Å². The van der Waals surface area contributed by atoms with E-state index in [1.807, 2.05) is 42.5 Å². The number of primary amides is 1. The second-order valence-electron chi connectivity index (χ2n) is 8.74. The van der Waals surface area contributed by atoms with Crippen LogP contribution >= 0.6 is 0 Å². The molecule has 0 aliphatic carbocycles. The minimum Gasteiger partial charge on any atom is -0.368 e. The fraction of sp³-hybridized carbons (Fsp3) is 0.179. The van der Waals surface area contributed by atoms with E-state index >= 15 is 0 Å². The molecule has 1 aromatic heterocycles. The molecule has 4 N–H and O–H groups in total. The predicted molar refractivity (Wildman–Crippen MR) is 135 cm³/mol. The Kier molecular flexibility index (Phi) is 6.25. The summed E-state index contributed by atoms with van der Waals surface area (Å²) in [6.45, 7) is 1.51. The number of halogens is 1. The molecule has 2 heterocycles. The van der Waals surface area contributed by atoms with E-state index in [1.54, 1.807) is 30.5 Å². The molecule has 1 saturated heterocycles. The number of hydrogen-bond donors (Lipinski definition) is 2. The molecule has 4 aromatic rings. The summed E-state index contributed by atoms with van der Waals surface area (Å²) in [5.41, 5.74) is 16.9. The lowest BCUT2D eigenvalue weighted by Crippen LogP contribution is -2.25. The van der Waals surface area contributed by atoms with Crippen LogP contribution in [-0.2, 0) is 6.54 Å². The molecule has 1 fully saturated rings. The molecule has 0 radical (unpaired) electrons. The fourth-order valence-corrected chi connectivity index (χ4v) is 4.87. The molecule has 1 aliphatic heterocycles. The molecule has 3 aromatic carbocycles. The monoisotopic (exact) mass is 467 g/mol. The Morgan fingerprint density at radius 3 is 2.57 bits per heavy atom. The minimum atomic E-state index is -0.489. The van der Waals surface area contributed by atoms with E-state index in [2.05, 4.69) is 14.9 Å². The lowest BCUT2D eigenvalue weighted by Gasteiger charge is -2.27. The van der Waals surface area contributed by atoms with Crippen LogP contribution in [0, 0.1) is 5.82 Å². The number of rotatable bonds is 6. The van der Waals surface area contributed by atoms with Crippen molar-refractivity contribution in [2.75, 3.05) is 12.3 Å². The molecule has 5 rings (SSSR count). The average Bonchev–Trinajstić information content (AvgIpc) is 3.33. The van der Waals surface area contributed by atoms with E-state index in [-0.39, 0.29) is 17.8 Å². The summed E-state index contributed by atoms with van der Waals surface area (Å²) in [4.78, 5) is 23.0. The molecule has 176 valence electrons. The maximum Gasteiger partial charge on any atom is 0.248 e. The molecule has 0 bridgehead atoms. The zero-order chi connectivity index (χ0) is 24.4. The van der Waals surface area contributed by atoms with Gasteiger partial charge in [0.1, 0.15) is 5.82 Å². The Balaban J connectivity index is 1.52. The van der Waals surface area contributed by atoms with Gasteiger partial charge in [-0.25, -0.2) is 14.4 Å². The van der Waals surface area contributed by atoms with Crippen molar-refractivity contribution < 1.29 is 9.18 Å². The highest BCUT2D eigenvalue weighted by molar-refractivity contribution is 5.94. The predicted octanol–water partition coefficient (Wildman–Crippen LogP) is 4.97. The first-order valence-electron chi connectivity index (χ1n) is 11.6. The first-order valence-corrected chi connectivity index (χ1v) is 11.6. The number of carbonyl (C=O) groups is 1. The van der Waals surface area contributed by atoms with Gasteiger partial charge < -0.3 is 11.5 Å². The van der Waals surface area contributed by atoms with Crippen molar-refractivity contribution in [3.05, 3.63) is 102 Å². The molecule has 1 aliphatic rings. The van der Waals surface area contributed by atoms with Gasteiger partial charge in [-0.1, -0.05) is 54.6 Å². The van der Waals surface area contributed by atoms with Gasteiger partial charge in [-0.15, -0.1) is 0 Å². The van der Waals surface area contributed by atoms with Gasteiger partial charge in [0.15, 0.2) is 0 Å². The van der Waals surface area contributed by atoms with Crippen LogP contribution in [0.15, 0.2) is 79.0 Å². The summed E-state index contributed by atoms with van der Waals surface area (Å²) in [7, 11) is 0. The van der Waals surface area contributed by atoms with Gasteiger partial charge in [-0.05, 0) is 54.3 Å². The number of benzene rings is 3. The molecule has 1 atom stereocenters. The smallest absolute Gasteiger partial charge is 0.248 e. The van der Waals surface area contributed by atoms with E-state index in [0.29, 0.717) is 17.7 Å². The summed E-state index contributed by atoms with van der Waals surface area (Å²) in [5.74, 6) is -0.525. The van der Waals surface area contributed by atoms with Crippen molar-refractivity contribution in [2.24, 2.45) is 5.73 Å². The van der Waals surface area contributed by atoms with Gasteiger partial charge in [0.25, 0.3) is 0 Å². The van der Waals surface area contributed by atoms with Crippen LogP contribution in [0.5, 0.6) is 0 Å². The zero-order valence-electron chi connectivity index (χ0n) is 19.2. The van der Waals surface area contributed by atoms with Gasteiger partial charge >= 0.3 is 0 Å². The molecule has 1 unspecified atom stereocenters. The van der Waals surface area contributed by atoms with Crippen molar-refractivity contribution in [2.45, 2.75) is 25.4 Å². The highest BCUT2D eigenvalue weighted by Gasteiger charge is 2.30. The lowest BCUT2D eigenvalue weighted by molar-refractivity contribution is 0.100. The van der Waals surface area contributed by atoms with Crippen LogP contribution in [0.2, 0.25) is 0 Å². The number of carbonyl (C=O) groups excluding carboxylic acids is 1. The Morgan fingerprint density at radius 2 is 1.77 bits per heavy atom. The van der Waals surface area contributed by atoms with Crippen LogP contribution in [0.3, 0.4) is 0 Å². The SMILES string of the molecule is NC(=O)c1cccc(-c2cnc(N)nc2C2CCCN2Cc2ccccc2-c2ccccc2F)c1. The number of nitrogen functional groups attached to an aromatic ring is 1. The zero-order valence-corrected chi connectivity index (χ0v) is 19.2. The van der Waals surface area contributed by atoms with Crippen LogP contribution in [-0.4, -0.2) is 27.3 Å².